The molecule has 128 valence electrons. The number of nitrogens with one attached hydrogen (secondary N) is 1. The Hall–Kier alpha value is -3.12. The number of fused-ring (bicyclic) bond motifs is 1. The summed E-state index contributed by atoms with van der Waals surface area (Å²) in [5.74, 6) is 0.850. The molecule has 0 unspecified atom stereocenters. The van der Waals surface area contributed by atoms with Gasteiger partial charge < -0.3 is 14.6 Å². The lowest BCUT2D eigenvalue weighted by Gasteiger charge is -2.08. The molecule has 2 aromatic rings. The van der Waals surface area contributed by atoms with E-state index in [0.717, 1.165) is 11.3 Å². The summed E-state index contributed by atoms with van der Waals surface area (Å²) in [5.41, 5.74) is 4.39. The second-order valence-corrected chi connectivity index (χ2v) is 5.49. The van der Waals surface area contributed by atoms with Gasteiger partial charge in [-0.05, 0) is 36.3 Å². The number of amides is 1. The average molecular weight is 338 g/mol. The first-order chi connectivity index (χ1) is 12.1. The number of hydrogen-bond acceptors (Lipinski definition) is 5. The third kappa shape index (κ3) is 4.24. The van der Waals surface area contributed by atoms with E-state index in [1.807, 2.05) is 30.3 Å². The first-order valence-corrected chi connectivity index (χ1v) is 7.78. The molecule has 2 aromatic carbocycles. The molecule has 0 radical (unpaired) electrons. The van der Waals surface area contributed by atoms with Gasteiger partial charge in [0.15, 0.2) is 17.6 Å². The van der Waals surface area contributed by atoms with E-state index in [4.69, 9.17) is 9.47 Å². The second-order valence-electron chi connectivity index (χ2n) is 5.49. The molecule has 1 amide bonds. The number of carbonyl (C=O) groups is 1. The van der Waals surface area contributed by atoms with Gasteiger partial charge in [0.2, 0.25) is 6.79 Å². The number of ether oxygens (including phenoxy) is 2. The molecule has 2 N–H and O–H groups in total. The third-order valence-corrected chi connectivity index (χ3v) is 3.62. The molecule has 0 spiro atoms. The van der Waals surface area contributed by atoms with Crippen molar-refractivity contribution in [2.45, 2.75) is 13.0 Å². The van der Waals surface area contributed by atoms with Crippen molar-refractivity contribution in [3.63, 3.8) is 0 Å². The average Bonchev–Trinajstić information content (AvgIpc) is 3.12. The molecule has 3 rings (SSSR count). The molecule has 0 fully saturated rings. The largest absolute Gasteiger partial charge is 0.454 e. The van der Waals surface area contributed by atoms with Crippen LogP contribution in [0.25, 0.3) is 6.08 Å². The van der Waals surface area contributed by atoms with Crippen LogP contribution in [-0.4, -0.2) is 23.5 Å². The number of hydrogen-bond donors (Lipinski definition) is 2. The summed E-state index contributed by atoms with van der Waals surface area (Å²) >= 11 is 0. The molecular formula is C19H18N2O4. The highest BCUT2D eigenvalue weighted by Crippen LogP contribution is 2.32. The standard InChI is InChI=1S/C19H18N2O4/c1-13(7-8-14-9-10-16-17(11-14)25-12-24-16)20-21-19(23)18(22)15-5-3-2-4-6-15/h2-11,18,22H,12H2,1H3,(H,21,23)/b8-7+,20-13-/t18-/m1/s1. The van der Waals surface area contributed by atoms with E-state index in [2.05, 4.69) is 10.5 Å². The predicted molar refractivity (Wildman–Crippen MR) is 94.3 cm³/mol. The summed E-state index contributed by atoms with van der Waals surface area (Å²) in [6, 6.07) is 14.3. The number of nitrogens with zero attached hydrogens (tertiary/aromatic N) is 1. The topological polar surface area (TPSA) is 80.2 Å². The Kier molecular flexibility index (Phi) is 5.11. The van der Waals surface area contributed by atoms with E-state index >= 15 is 0 Å². The highest BCUT2D eigenvalue weighted by atomic mass is 16.7. The van der Waals surface area contributed by atoms with Crippen molar-refractivity contribution in [1.29, 1.82) is 0 Å². The maximum absolute atomic E-state index is 11.9. The first-order valence-electron chi connectivity index (χ1n) is 7.78. The molecule has 1 heterocycles. The summed E-state index contributed by atoms with van der Waals surface area (Å²) in [5, 5.41) is 13.9. The maximum atomic E-state index is 11.9. The minimum Gasteiger partial charge on any atom is -0.454 e. The zero-order valence-electron chi connectivity index (χ0n) is 13.7. The van der Waals surface area contributed by atoms with Gasteiger partial charge in [-0.2, -0.15) is 5.10 Å². The molecule has 0 aliphatic carbocycles. The molecular weight excluding hydrogens is 320 g/mol. The molecule has 6 heteroatoms. The van der Waals surface area contributed by atoms with Gasteiger partial charge in [0.1, 0.15) is 0 Å². The van der Waals surface area contributed by atoms with E-state index < -0.39 is 12.0 Å². The van der Waals surface area contributed by atoms with Gasteiger partial charge in [0.25, 0.3) is 5.91 Å². The van der Waals surface area contributed by atoms with Crippen molar-refractivity contribution in [1.82, 2.24) is 5.43 Å². The maximum Gasteiger partial charge on any atom is 0.273 e. The summed E-state index contributed by atoms with van der Waals surface area (Å²) in [6.45, 7) is 1.98. The van der Waals surface area contributed by atoms with E-state index in [0.29, 0.717) is 17.0 Å². The van der Waals surface area contributed by atoms with E-state index in [-0.39, 0.29) is 6.79 Å². The fraction of sp³-hybridized carbons (Fsp3) is 0.158. The number of allylic oxidation sites excluding steroid dienone is 1. The monoisotopic (exact) mass is 338 g/mol. The Labute approximate surface area is 145 Å². The van der Waals surface area contributed by atoms with Crippen LogP contribution in [-0.2, 0) is 4.79 Å². The van der Waals surface area contributed by atoms with Gasteiger partial charge in [-0.15, -0.1) is 0 Å². The summed E-state index contributed by atoms with van der Waals surface area (Å²) in [6.07, 6.45) is 2.35. The number of aliphatic hydroxyl groups excluding tert-OH is 1. The quantitative estimate of drug-likeness (QED) is 0.649. The van der Waals surface area contributed by atoms with Gasteiger partial charge in [-0.1, -0.05) is 42.5 Å². The number of aliphatic hydroxyl groups is 1. The van der Waals surface area contributed by atoms with Crippen molar-refractivity contribution in [2.24, 2.45) is 5.10 Å². The Morgan fingerprint density at radius 3 is 2.76 bits per heavy atom. The van der Waals surface area contributed by atoms with Crippen LogP contribution in [0.5, 0.6) is 11.5 Å². The van der Waals surface area contributed by atoms with Crippen molar-refractivity contribution in [2.75, 3.05) is 6.79 Å². The van der Waals surface area contributed by atoms with Crippen LogP contribution in [0.15, 0.2) is 59.7 Å². The van der Waals surface area contributed by atoms with Crippen LogP contribution in [0.4, 0.5) is 0 Å². The molecule has 1 atom stereocenters. The summed E-state index contributed by atoms with van der Waals surface area (Å²) in [4.78, 5) is 11.9. The van der Waals surface area contributed by atoms with Gasteiger partial charge in [-0.25, -0.2) is 5.43 Å². The van der Waals surface area contributed by atoms with Crippen molar-refractivity contribution in [3.8, 4) is 11.5 Å². The van der Waals surface area contributed by atoms with Gasteiger partial charge in [-0.3, -0.25) is 4.79 Å². The van der Waals surface area contributed by atoms with Crippen LogP contribution < -0.4 is 14.9 Å². The summed E-state index contributed by atoms with van der Waals surface area (Å²) in [7, 11) is 0. The fourth-order valence-electron chi connectivity index (χ4n) is 2.26. The lowest BCUT2D eigenvalue weighted by atomic mass is 10.1. The molecule has 0 saturated heterocycles. The number of rotatable bonds is 5. The molecule has 0 saturated carbocycles. The molecule has 6 nitrogen and oxygen atoms in total. The zero-order chi connectivity index (χ0) is 17.6. The SMILES string of the molecule is CC(/C=C/c1ccc2c(c1)OCO2)=N/NC(=O)[C@H](O)c1ccccc1. The van der Waals surface area contributed by atoms with Crippen LogP contribution in [0, 0.1) is 0 Å². The van der Waals surface area contributed by atoms with Crippen LogP contribution in [0.1, 0.15) is 24.2 Å². The lowest BCUT2D eigenvalue weighted by molar-refractivity contribution is -0.129. The van der Waals surface area contributed by atoms with Crippen LogP contribution in [0.3, 0.4) is 0 Å². The molecule has 1 aliphatic heterocycles. The Morgan fingerprint density at radius 1 is 1.20 bits per heavy atom. The van der Waals surface area contributed by atoms with Crippen LogP contribution in [0.2, 0.25) is 0 Å². The normalized spacial score (nSPS) is 14.6. The van der Waals surface area contributed by atoms with Gasteiger partial charge in [0, 0.05) is 0 Å². The zero-order valence-corrected chi connectivity index (χ0v) is 13.7. The third-order valence-electron chi connectivity index (χ3n) is 3.62. The van der Waals surface area contributed by atoms with E-state index in [1.165, 1.54) is 0 Å². The van der Waals surface area contributed by atoms with Gasteiger partial charge >= 0.3 is 0 Å². The molecule has 1 aliphatic rings. The Morgan fingerprint density at radius 2 is 1.96 bits per heavy atom. The molecule has 0 aromatic heterocycles. The number of carbonyl (C=O) groups excluding carboxylic acids is 1. The highest BCUT2D eigenvalue weighted by Gasteiger charge is 2.16. The lowest BCUT2D eigenvalue weighted by Crippen LogP contribution is -2.25. The minimum absolute atomic E-state index is 0.235. The van der Waals surface area contributed by atoms with Crippen molar-refractivity contribution in [3.05, 3.63) is 65.7 Å². The fourth-order valence-corrected chi connectivity index (χ4v) is 2.26. The van der Waals surface area contributed by atoms with Crippen molar-refractivity contribution < 1.29 is 19.4 Å². The molecule has 25 heavy (non-hydrogen) atoms. The highest BCUT2D eigenvalue weighted by molar-refractivity contribution is 5.97. The molecule has 0 bridgehead atoms. The van der Waals surface area contributed by atoms with Crippen LogP contribution >= 0.6 is 0 Å². The smallest absolute Gasteiger partial charge is 0.273 e. The second kappa shape index (κ2) is 7.63. The summed E-state index contributed by atoms with van der Waals surface area (Å²) < 4.78 is 10.6. The predicted octanol–water partition coefficient (Wildman–Crippen LogP) is 2.65. The minimum atomic E-state index is -1.25. The Balaban J connectivity index is 1.59. The Bertz CT molecular complexity index is 815. The van der Waals surface area contributed by atoms with Crippen molar-refractivity contribution >= 4 is 17.7 Å². The number of hydrazone groups is 1. The van der Waals surface area contributed by atoms with E-state index in [1.54, 1.807) is 37.3 Å². The first kappa shape index (κ1) is 16.7. The number of benzene rings is 2. The van der Waals surface area contributed by atoms with Gasteiger partial charge in [0.05, 0.1) is 5.71 Å². The van der Waals surface area contributed by atoms with E-state index in [9.17, 15) is 9.90 Å².